The lowest BCUT2D eigenvalue weighted by Crippen LogP contribution is -2.51. The number of ether oxygens (including phenoxy) is 1. The summed E-state index contributed by atoms with van der Waals surface area (Å²) in [4.78, 5) is 27.3. The van der Waals surface area contributed by atoms with Gasteiger partial charge in [0.25, 0.3) is 0 Å². The zero-order valence-corrected chi connectivity index (χ0v) is 16.0. The summed E-state index contributed by atoms with van der Waals surface area (Å²) in [6.45, 7) is 5.96. The number of fused-ring (bicyclic) bond motifs is 1. The monoisotopic (exact) mass is 363 g/mol. The number of carbonyl (C=O) groups is 2. The quantitative estimate of drug-likeness (QED) is 0.774. The first kappa shape index (κ1) is 17.9. The third-order valence-corrected chi connectivity index (χ3v) is 5.75. The highest BCUT2D eigenvalue weighted by atomic mass is 16.5. The molecule has 2 aliphatic rings. The Morgan fingerprint density at radius 2 is 1.70 bits per heavy atom. The number of hydrogen-bond acceptors (Lipinski definition) is 4. The number of hydrogen-bond donors (Lipinski definition) is 0. The van der Waals surface area contributed by atoms with Gasteiger partial charge in [0.15, 0.2) is 11.6 Å². The minimum Gasteiger partial charge on any atom is -0.486 e. The van der Waals surface area contributed by atoms with E-state index in [0.717, 1.165) is 42.6 Å². The van der Waals surface area contributed by atoms with Gasteiger partial charge in [-0.05, 0) is 26.0 Å². The van der Waals surface area contributed by atoms with E-state index in [9.17, 15) is 9.59 Å². The van der Waals surface area contributed by atoms with E-state index in [1.54, 1.807) is 0 Å². The Balaban J connectivity index is 1.40. The number of benzene rings is 2. The average Bonchev–Trinajstić information content (AvgIpc) is 2.65. The van der Waals surface area contributed by atoms with E-state index < -0.39 is 5.60 Å². The Hall–Kier alpha value is -2.46. The topological polar surface area (TPSA) is 46.6 Å². The molecular weight excluding hydrogens is 338 g/mol. The van der Waals surface area contributed by atoms with Crippen LogP contribution in [-0.4, -0.2) is 41.7 Å². The molecule has 0 amide bonds. The fourth-order valence-electron chi connectivity index (χ4n) is 4.04. The Kier molecular flexibility index (Phi) is 4.60. The molecule has 1 saturated heterocycles. The van der Waals surface area contributed by atoms with Crippen molar-refractivity contribution in [2.75, 3.05) is 19.6 Å². The predicted molar refractivity (Wildman–Crippen MR) is 105 cm³/mol. The number of carbonyl (C=O) groups excluding carboxylic acids is 2. The highest BCUT2D eigenvalue weighted by Crippen LogP contribution is 2.39. The lowest BCUT2D eigenvalue weighted by Gasteiger charge is -2.43. The van der Waals surface area contributed by atoms with Crippen molar-refractivity contribution in [2.45, 2.75) is 38.7 Å². The van der Waals surface area contributed by atoms with E-state index >= 15 is 0 Å². The number of ketones is 2. The number of Topliss-reactive ketones (excluding diaryl/α,β-unsaturated/α-hetero) is 2. The van der Waals surface area contributed by atoms with Gasteiger partial charge in [0.05, 0.1) is 18.5 Å². The van der Waals surface area contributed by atoms with Crippen molar-refractivity contribution in [3.05, 3.63) is 64.7 Å². The fraction of sp³-hybridized carbons (Fsp3) is 0.391. The molecular formula is C23H25NO3. The SMILES string of the molecule is Cc1ccc(C(=O)CN2CCC3(CC2)CC(=O)c2cc(C)ccc2O3)cc1. The van der Waals surface area contributed by atoms with Crippen LogP contribution in [0.4, 0.5) is 0 Å². The lowest BCUT2D eigenvalue weighted by atomic mass is 9.82. The van der Waals surface area contributed by atoms with Crippen LogP contribution in [0.25, 0.3) is 0 Å². The van der Waals surface area contributed by atoms with Crippen molar-refractivity contribution in [3.63, 3.8) is 0 Å². The van der Waals surface area contributed by atoms with Crippen LogP contribution >= 0.6 is 0 Å². The van der Waals surface area contributed by atoms with Crippen LogP contribution < -0.4 is 4.74 Å². The zero-order chi connectivity index (χ0) is 19.0. The number of piperidine rings is 1. The van der Waals surface area contributed by atoms with E-state index in [1.165, 1.54) is 0 Å². The number of rotatable bonds is 3. The van der Waals surface area contributed by atoms with Crippen LogP contribution in [0.5, 0.6) is 5.75 Å². The summed E-state index contributed by atoms with van der Waals surface area (Å²) in [5, 5.41) is 0. The summed E-state index contributed by atoms with van der Waals surface area (Å²) in [5.41, 5.74) is 3.28. The normalized spacial score (nSPS) is 18.8. The van der Waals surface area contributed by atoms with E-state index in [1.807, 2.05) is 56.3 Å². The van der Waals surface area contributed by atoms with Crippen LogP contribution in [0.2, 0.25) is 0 Å². The molecule has 4 heteroatoms. The molecule has 0 N–H and O–H groups in total. The number of likely N-dealkylation sites (tertiary alicyclic amines) is 1. The first-order valence-electron chi connectivity index (χ1n) is 9.59. The van der Waals surface area contributed by atoms with E-state index in [-0.39, 0.29) is 11.6 Å². The minimum absolute atomic E-state index is 0.146. The predicted octanol–water partition coefficient (Wildman–Crippen LogP) is 3.99. The Labute approximate surface area is 160 Å². The first-order chi connectivity index (χ1) is 12.9. The molecule has 2 aromatic carbocycles. The van der Waals surface area contributed by atoms with Crippen LogP contribution in [0.15, 0.2) is 42.5 Å². The van der Waals surface area contributed by atoms with Gasteiger partial charge in [-0.15, -0.1) is 0 Å². The zero-order valence-electron chi connectivity index (χ0n) is 16.0. The summed E-state index contributed by atoms with van der Waals surface area (Å²) >= 11 is 0. The molecule has 0 unspecified atom stereocenters. The fourth-order valence-corrected chi connectivity index (χ4v) is 4.04. The largest absolute Gasteiger partial charge is 0.486 e. The molecule has 4 nitrogen and oxygen atoms in total. The number of nitrogens with zero attached hydrogens (tertiary/aromatic N) is 1. The summed E-state index contributed by atoms with van der Waals surface area (Å²) in [5.74, 6) is 1.03. The van der Waals surface area contributed by atoms with Crippen molar-refractivity contribution in [2.24, 2.45) is 0 Å². The van der Waals surface area contributed by atoms with E-state index in [4.69, 9.17) is 4.74 Å². The highest BCUT2D eigenvalue weighted by Gasteiger charge is 2.43. The Morgan fingerprint density at radius 1 is 1.04 bits per heavy atom. The van der Waals surface area contributed by atoms with E-state index in [2.05, 4.69) is 4.90 Å². The van der Waals surface area contributed by atoms with Gasteiger partial charge in [-0.25, -0.2) is 0 Å². The molecule has 1 spiro atoms. The Morgan fingerprint density at radius 3 is 2.41 bits per heavy atom. The molecule has 2 heterocycles. The average molecular weight is 363 g/mol. The second-order valence-corrected chi connectivity index (χ2v) is 7.95. The summed E-state index contributed by atoms with van der Waals surface area (Å²) < 4.78 is 6.30. The van der Waals surface area contributed by atoms with E-state index in [0.29, 0.717) is 24.3 Å². The standard InChI is InChI=1S/C23H25NO3/c1-16-3-6-18(7-4-16)21(26)15-24-11-9-23(10-12-24)14-20(25)19-13-17(2)5-8-22(19)27-23/h3-8,13H,9-12,14-15H2,1-2H3. The van der Waals surface area contributed by atoms with Crippen LogP contribution in [0.3, 0.4) is 0 Å². The summed E-state index contributed by atoms with van der Waals surface area (Å²) in [6, 6.07) is 13.5. The maximum Gasteiger partial charge on any atom is 0.176 e. The molecule has 0 atom stereocenters. The first-order valence-corrected chi connectivity index (χ1v) is 9.59. The molecule has 1 fully saturated rings. The molecule has 0 aromatic heterocycles. The van der Waals surface area contributed by atoms with Gasteiger partial charge in [-0.1, -0.05) is 41.5 Å². The maximum absolute atomic E-state index is 12.6. The molecule has 0 aliphatic carbocycles. The van der Waals surface area contributed by atoms with Crippen LogP contribution in [0.1, 0.15) is 51.1 Å². The van der Waals surface area contributed by atoms with Gasteiger partial charge < -0.3 is 4.74 Å². The third kappa shape index (κ3) is 3.67. The second-order valence-electron chi connectivity index (χ2n) is 7.95. The highest BCUT2D eigenvalue weighted by molar-refractivity contribution is 6.00. The molecule has 27 heavy (non-hydrogen) atoms. The molecule has 2 aliphatic heterocycles. The van der Waals surface area contributed by atoms with Crippen LogP contribution in [0, 0.1) is 13.8 Å². The van der Waals surface area contributed by atoms with Crippen molar-refractivity contribution < 1.29 is 14.3 Å². The van der Waals surface area contributed by atoms with Gasteiger partial charge in [-0.2, -0.15) is 0 Å². The number of aryl methyl sites for hydroxylation is 2. The Bertz CT molecular complexity index is 877. The minimum atomic E-state index is -0.414. The van der Waals surface area contributed by atoms with Crippen molar-refractivity contribution >= 4 is 11.6 Å². The second kappa shape index (κ2) is 6.93. The molecule has 2 aromatic rings. The molecule has 0 saturated carbocycles. The van der Waals surface area contributed by atoms with Gasteiger partial charge in [-0.3, -0.25) is 14.5 Å². The van der Waals surface area contributed by atoms with Crippen molar-refractivity contribution in [1.82, 2.24) is 4.90 Å². The van der Waals surface area contributed by atoms with Gasteiger partial charge >= 0.3 is 0 Å². The van der Waals surface area contributed by atoms with Gasteiger partial charge in [0.2, 0.25) is 0 Å². The van der Waals surface area contributed by atoms with Gasteiger partial charge in [0.1, 0.15) is 11.4 Å². The lowest BCUT2D eigenvalue weighted by molar-refractivity contribution is -0.00803. The molecule has 0 bridgehead atoms. The third-order valence-electron chi connectivity index (χ3n) is 5.75. The maximum atomic E-state index is 12.6. The smallest absolute Gasteiger partial charge is 0.176 e. The molecule has 0 radical (unpaired) electrons. The molecule has 140 valence electrons. The van der Waals surface area contributed by atoms with Crippen LogP contribution in [-0.2, 0) is 0 Å². The van der Waals surface area contributed by atoms with Crippen molar-refractivity contribution in [3.8, 4) is 5.75 Å². The van der Waals surface area contributed by atoms with Crippen molar-refractivity contribution in [1.29, 1.82) is 0 Å². The molecule has 4 rings (SSSR count). The summed E-state index contributed by atoms with van der Waals surface area (Å²) in [6.07, 6.45) is 1.98. The van der Waals surface area contributed by atoms with Gasteiger partial charge in [0, 0.05) is 31.5 Å². The summed E-state index contributed by atoms with van der Waals surface area (Å²) in [7, 11) is 0.